The van der Waals surface area contributed by atoms with Crippen LogP contribution in [0.3, 0.4) is 0 Å². The molecule has 0 heterocycles. The van der Waals surface area contributed by atoms with Gasteiger partial charge in [0.1, 0.15) is 6.61 Å². The number of aliphatic hydroxyl groups excluding tert-OH is 1. The summed E-state index contributed by atoms with van der Waals surface area (Å²) in [5.74, 6) is -0.584. The van der Waals surface area contributed by atoms with Crippen molar-refractivity contribution in [2.45, 2.75) is 180 Å². The highest BCUT2D eigenvalue weighted by Crippen LogP contribution is 2.14. The van der Waals surface area contributed by atoms with Crippen molar-refractivity contribution >= 4 is 11.9 Å². The second-order valence-electron chi connectivity index (χ2n) is 10.9. The number of hydrogen-bond acceptors (Lipinski definition) is 5. The minimum absolute atomic E-state index is 0.0580. The highest BCUT2D eigenvalue weighted by atomic mass is 16.6. The largest absolute Gasteiger partial charge is 0.462 e. The normalized spacial score (nSPS) is 12.0. The maximum absolute atomic E-state index is 12.0. The van der Waals surface area contributed by atoms with E-state index in [4.69, 9.17) is 9.47 Å². The van der Waals surface area contributed by atoms with Crippen LogP contribution < -0.4 is 0 Å². The van der Waals surface area contributed by atoms with Gasteiger partial charge in [-0.05, 0) is 12.8 Å². The molecule has 220 valence electrons. The molecule has 0 rings (SSSR count). The Bertz CT molecular complexity index is 494. The van der Waals surface area contributed by atoms with E-state index in [1.165, 1.54) is 116 Å². The third-order valence-corrected chi connectivity index (χ3v) is 7.15. The van der Waals surface area contributed by atoms with E-state index >= 15 is 0 Å². The molecule has 0 spiro atoms. The molecule has 0 aromatic carbocycles. The quantitative estimate of drug-likeness (QED) is 0.0776. The summed E-state index contributed by atoms with van der Waals surface area (Å²) in [5.41, 5.74) is 0. The molecule has 0 fully saturated rings. The van der Waals surface area contributed by atoms with Gasteiger partial charge in [0.2, 0.25) is 0 Å². The van der Waals surface area contributed by atoms with E-state index < -0.39 is 6.10 Å². The molecule has 5 heteroatoms. The molecule has 1 N–H and O–H groups in total. The topological polar surface area (TPSA) is 72.8 Å². The van der Waals surface area contributed by atoms with Gasteiger partial charge in [0.15, 0.2) is 6.10 Å². The minimum Gasteiger partial charge on any atom is -0.462 e. The molecule has 0 radical (unpaired) electrons. The Morgan fingerprint density at radius 1 is 0.514 bits per heavy atom. The van der Waals surface area contributed by atoms with Crippen LogP contribution in [0.2, 0.25) is 0 Å². The highest BCUT2D eigenvalue weighted by molar-refractivity contribution is 5.70. The molecule has 5 nitrogen and oxygen atoms in total. The van der Waals surface area contributed by atoms with Crippen LogP contribution >= 0.6 is 0 Å². The first-order chi connectivity index (χ1) is 18.1. The predicted octanol–water partition coefficient (Wildman–Crippen LogP) is 9.23. The molecule has 1 atom stereocenters. The molecule has 0 aromatic heterocycles. The summed E-state index contributed by atoms with van der Waals surface area (Å²) in [6, 6.07) is 0. The lowest BCUT2D eigenvalue weighted by Gasteiger charge is -2.15. The Hall–Kier alpha value is -1.10. The Labute approximate surface area is 229 Å². The van der Waals surface area contributed by atoms with Gasteiger partial charge >= 0.3 is 11.9 Å². The molecular formula is C32H62O5. The first-order valence-electron chi connectivity index (χ1n) is 16.1. The average Bonchev–Trinajstić information content (AvgIpc) is 2.90. The second-order valence-corrected chi connectivity index (χ2v) is 10.9. The van der Waals surface area contributed by atoms with Crippen LogP contribution in [0, 0.1) is 0 Å². The van der Waals surface area contributed by atoms with E-state index in [-0.39, 0.29) is 25.2 Å². The summed E-state index contributed by atoms with van der Waals surface area (Å²) in [7, 11) is 0. The first kappa shape index (κ1) is 35.9. The lowest BCUT2D eigenvalue weighted by molar-refractivity contribution is -0.161. The van der Waals surface area contributed by atoms with E-state index in [1.807, 2.05) is 0 Å². The Balaban J connectivity index is 3.55. The molecule has 0 saturated heterocycles. The zero-order valence-electron chi connectivity index (χ0n) is 24.7. The van der Waals surface area contributed by atoms with Crippen LogP contribution in [0.15, 0.2) is 0 Å². The number of aliphatic hydroxyl groups is 1. The van der Waals surface area contributed by atoms with Crippen LogP contribution in [0.4, 0.5) is 0 Å². The molecule has 0 saturated carbocycles. The first-order valence-corrected chi connectivity index (χ1v) is 16.1. The fraction of sp³-hybridized carbons (Fsp3) is 0.938. The highest BCUT2D eigenvalue weighted by Gasteiger charge is 2.16. The summed E-state index contributed by atoms with van der Waals surface area (Å²) in [6.45, 7) is 4.12. The predicted molar refractivity (Wildman–Crippen MR) is 155 cm³/mol. The van der Waals surface area contributed by atoms with Gasteiger partial charge in [-0.2, -0.15) is 0 Å². The van der Waals surface area contributed by atoms with Crippen molar-refractivity contribution in [3.63, 3.8) is 0 Å². The number of unbranched alkanes of at least 4 members (excludes halogenated alkanes) is 21. The van der Waals surface area contributed by atoms with Gasteiger partial charge in [0.05, 0.1) is 6.61 Å². The van der Waals surface area contributed by atoms with Gasteiger partial charge in [0.25, 0.3) is 0 Å². The number of carbonyl (C=O) groups excluding carboxylic acids is 2. The summed E-state index contributed by atoms with van der Waals surface area (Å²) >= 11 is 0. The van der Waals surface area contributed by atoms with E-state index in [9.17, 15) is 14.7 Å². The van der Waals surface area contributed by atoms with Gasteiger partial charge in [0, 0.05) is 12.8 Å². The number of hydrogen-bond donors (Lipinski definition) is 1. The maximum atomic E-state index is 12.0. The minimum atomic E-state index is -0.758. The fourth-order valence-electron chi connectivity index (χ4n) is 4.67. The molecule has 37 heavy (non-hydrogen) atoms. The van der Waals surface area contributed by atoms with Crippen molar-refractivity contribution in [1.29, 1.82) is 0 Å². The Kier molecular flexibility index (Phi) is 28.6. The monoisotopic (exact) mass is 526 g/mol. The Morgan fingerprint density at radius 2 is 0.838 bits per heavy atom. The third-order valence-electron chi connectivity index (χ3n) is 7.15. The fourth-order valence-corrected chi connectivity index (χ4v) is 4.67. The van der Waals surface area contributed by atoms with Crippen LogP contribution in [0.25, 0.3) is 0 Å². The zero-order valence-corrected chi connectivity index (χ0v) is 24.7. The summed E-state index contributed by atoms with van der Waals surface area (Å²) in [6.07, 6.45) is 28.6. The van der Waals surface area contributed by atoms with Crippen LogP contribution in [-0.2, 0) is 19.1 Å². The lowest BCUT2D eigenvalue weighted by atomic mass is 10.0. The maximum Gasteiger partial charge on any atom is 0.306 e. The van der Waals surface area contributed by atoms with E-state index in [0.29, 0.717) is 12.8 Å². The molecule has 0 aromatic rings. The SMILES string of the molecule is CCCCCCCCCCCCCCC(=O)OC[C@H](CO)OC(=O)CCCCCCCCCCCCC. The van der Waals surface area contributed by atoms with Gasteiger partial charge < -0.3 is 14.6 Å². The van der Waals surface area contributed by atoms with Crippen LogP contribution in [-0.4, -0.2) is 36.4 Å². The zero-order chi connectivity index (χ0) is 27.2. The van der Waals surface area contributed by atoms with Gasteiger partial charge in [-0.1, -0.05) is 149 Å². The summed E-state index contributed by atoms with van der Waals surface area (Å²) in [5, 5.41) is 9.47. The van der Waals surface area contributed by atoms with E-state index in [2.05, 4.69) is 13.8 Å². The van der Waals surface area contributed by atoms with Crippen molar-refractivity contribution in [3.05, 3.63) is 0 Å². The number of ether oxygens (including phenoxy) is 2. The lowest BCUT2D eigenvalue weighted by Crippen LogP contribution is -2.28. The summed E-state index contributed by atoms with van der Waals surface area (Å²) < 4.78 is 10.5. The standard InChI is InChI=1S/C32H62O5/c1-3-5-7-9-11-13-15-17-18-20-22-24-26-31(34)36-29-30(28-33)37-32(35)27-25-23-21-19-16-14-12-10-8-6-4-2/h30,33H,3-29H2,1-2H3/t30-/m0/s1. The van der Waals surface area contributed by atoms with Crippen molar-refractivity contribution in [1.82, 2.24) is 0 Å². The van der Waals surface area contributed by atoms with Crippen LogP contribution in [0.1, 0.15) is 174 Å². The second kappa shape index (κ2) is 29.5. The van der Waals surface area contributed by atoms with Crippen LogP contribution in [0.5, 0.6) is 0 Å². The smallest absolute Gasteiger partial charge is 0.306 e. The molecule has 0 aliphatic heterocycles. The number of carbonyl (C=O) groups is 2. The third kappa shape index (κ3) is 27.7. The molecule has 0 aliphatic rings. The van der Waals surface area contributed by atoms with Gasteiger partial charge in [-0.3, -0.25) is 9.59 Å². The summed E-state index contributed by atoms with van der Waals surface area (Å²) in [4.78, 5) is 24.0. The van der Waals surface area contributed by atoms with E-state index in [1.54, 1.807) is 0 Å². The number of esters is 2. The average molecular weight is 527 g/mol. The number of rotatable bonds is 29. The molecule has 0 unspecified atom stereocenters. The van der Waals surface area contributed by atoms with E-state index in [0.717, 1.165) is 32.1 Å². The Morgan fingerprint density at radius 3 is 1.19 bits per heavy atom. The van der Waals surface area contributed by atoms with Crippen molar-refractivity contribution < 1.29 is 24.2 Å². The van der Waals surface area contributed by atoms with Gasteiger partial charge in [-0.15, -0.1) is 0 Å². The molecule has 0 aliphatic carbocycles. The van der Waals surface area contributed by atoms with Gasteiger partial charge in [-0.25, -0.2) is 0 Å². The molecule has 0 bridgehead atoms. The van der Waals surface area contributed by atoms with Crippen molar-refractivity contribution in [2.24, 2.45) is 0 Å². The molecule has 0 amide bonds. The molecular weight excluding hydrogens is 464 g/mol. The van der Waals surface area contributed by atoms with Crippen molar-refractivity contribution in [2.75, 3.05) is 13.2 Å². The van der Waals surface area contributed by atoms with Crippen molar-refractivity contribution in [3.8, 4) is 0 Å².